The molecule has 4 fully saturated rings. The first kappa shape index (κ1) is 32.1. The standard InChI is InChI=1S/C37H44O10/c1-19-24(23-12-13-42-17-23)14-25-30(19)37(6)26(15-29(40)46-25)36(5)28(45-21(3)39)16-27(44-20(2)38)35(4)18-43-31(32(35)36)33(37)47-34(41)22-10-8-7-9-11-22/h7-13,17,24-29,31-33,40H,14-16,18H2,1-6H3/t24-,25+,26-,27-,28+,29+,31-,32+,33-,35-,36+,37-/m1/s1. The number of furan rings is 1. The van der Waals surface area contributed by atoms with Gasteiger partial charge < -0.3 is 33.2 Å². The summed E-state index contributed by atoms with van der Waals surface area (Å²) in [5.41, 5.74) is 1.04. The molecule has 7 rings (SSSR count). The first-order valence-corrected chi connectivity index (χ1v) is 16.6. The highest BCUT2D eigenvalue weighted by Gasteiger charge is 2.77. The van der Waals surface area contributed by atoms with Gasteiger partial charge in [-0.3, -0.25) is 9.59 Å². The van der Waals surface area contributed by atoms with Crippen LogP contribution in [0.2, 0.25) is 0 Å². The molecule has 0 radical (unpaired) electrons. The first-order chi connectivity index (χ1) is 22.3. The fourth-order valence-electron chi connectivity index (χ4n) is 10.7. The number of hydrogen-bond acceptors (Lipinski definition) is 10. The van der Waals surface area contributed by atoms with Gasteiger partial charge in [0.2, 0.25) is 0 Å². The number of fused-ring (bicyclic) bond motifs is 4. The van der Waals surface area contributed by atoms with Crippen LogP contribution in [0.5, 0.6) is 0 Å². The van der Waals surface area contributed by atoms with Gasteiger partial charge in [0.1, 0.15) is 18.3 Å². The van der Waals surface area contributed by atoms with Crippen LogP contribution in [0, 0.1) is 28.1 Å². The van der Waals surface area contributed by atoms with Crippen molar-refractivity contribution in [2.45, 2.75) is 104 Å². The van der Waals surface area contributed by atoms with Gasteiger partial charge in [-0.05, 0) is 48.6 Å². The second kappa shape index (κ2) is 11.3. The highest BCUT2D eigenvalue weighted by Crippen LogP contribution is 2.72. The van der Waals surface area contributed by atoms with Gasteiger partial charge in [-0.1, -0.05) is 44.5 Å². The number of aliphatic hydroxyl groups excluding tert-OH is 1. The number of hydrogen-bond donors (Lipinski definition) is 1. The molecule has 5 aliphatic rings. The average molecular weight is 649 g/mol. The number of allylic oxidation sites excluding steroid dienone is 1. The van der Waals surface area contributed by atoms with Crippen LogP contribution in [0.4, 0.5) is 0 Å². The Hall–Kier alpha value is -3.47. The molecule has 0 unspecified atom stereocenters. The molecule has 2 saturated heterocycles. The van der Waals surface area contributed by atoms with Crippen molar-refractivity contribution in [3.63, 3.8) is 0 Å². The largest absolute Gasteiger partial charge is 0.472 e. The van der Waals surface area contributed by atoms with Gasteiger partial charge >= 0.3 is 17.9 Å². The Labute approximate surface area is 274 Å². The van der Waals surface area contributed by atoms with Gasteiger partial charge in [0.15, 0.2) is 6.29 Å². The number of aliphatic hydroxyl groups is 1. The number of esters is 3. The van der Waals surface area contributed by atoms with Gasteiger partial charge in [0.25, 0.3) is 0 Å². The van der Waals surface area contributed by atoms with Gasteiger partial charge in [0.05, 0.1) is 36.9 Å². The summed E-state index contributed by atoms with van der Waals surface area (Å²) in [4.78, 5) is 39.2. The molecule has 1 aromatic carbocycles. The fraction of sp³-hybridized carbons (Fsp3) is 0.595. The molecule has 0 spiro atoms. The SMILES string of the molecule is CC(=O)O[C@H]1C[C@@H](OC(C)=O)[C@@]2(C)CO[C@H]3[C@@H](OC(=O)c4ccccc4)[C@@]4(C)C5=C(C)[C@H](c6ccoc6)C[C@@H]5O[C@H](O)C[C@@H]4[C@]1(C)[C@@H]32. The summed E-state index contributed by atoms with van der Waals surface area (Å²) >= 11 is 0. The smallest absolute Gasteiger partial charge is 0.338 e. The maximum Gasteiger partial charge on any atom is 0.338 e. The van der Waals surface area contributed by atoms with Crippen LogP contribution in [0.15, 0.2) is 64.5 Å². The quantitative estimate of drug-likeness (QED) is 0.257. The Balaban J connectivity index is 1.46. The lowest BCUT2D eigenvalue weighted by Crippen LogP contribution is -2.72. The van der Waals surface area contributed by atoms with Gasteiger partial charge in [-0.25, -0.2) is 4.79 Å². The van der Waals surface area contributed by atoms with Crippen molar-refractivity contribution in [2.24, 2.45) is 28.1 Å². The third-order valence-corrected chi connectivity index (χ3v) is 12.4. The second-order valence-electron chi connectivity index (χ2n) is 14.8. The predicted octanol–water partition coefficient (Wildman–Crippen LogP) is 5.35. The first-order valence-electron chi connectivity index (χ1n) is 16.6. The van der Waals surface area contributed by atoms with Crippen molar-refractivity contribution < 1.29 is 47.6 Å². The Morgan fingerprint density at radius 1 is 0.915 bits per heavy atom. The lowest BCUT2D eigenvalue weighted by Gasteiger charge is -2.66. The van der Waals surface area contributed by atoms with Crippen LogP contribution >= 0.6 is 0 Å². The molecule has 2 saturated carbocycles. The van der Waals surface area contributed by atoms with E-state index < -0.39 is 76.9 Å². The maximum atomic E-state index is 14.0. The summed E-state index contributed by atoms with van der Waals surface area (Å²) in [6.45, 7) is 11.4. The van der Waals surface area contributed by atoms with E-state index in [1.165, 1.54) is 13.8 Å². The van der Waals surface area contributed by atoms with Crippen LogP contribution in [0.1, 0.15) is 82.6 Å². The number of benzene rings is 1. The van der Waals surface area contributed by atoms with Crippen LogP contribution in [-0.2, 0) is 33.3 Å². The van der Waals surface area contributed by atoms with Gasteiger partial charge in [-0.2, -0.15) is 0 Å². The molecule has 10 nitrogen and oxygen atoms in total. The average Bonchev–Trinajstić information content (AvgIpc) is 3.73. The Morgan fingerprint density at radius 3 is 2.28 bits per heavy atom. The van der Waals surface area contributed by atoms with E-state index in [1.807, 2.05) is 19.1 Å². The summed E-state index contributed by atoms with van der Waals surface area (Å²) in [7, 11) is 0. The predicted molar refractivity (Wildman–Crippen MR) is 167 cm³/mol. The van der Waals surface area contributed by atoms with E-state index >= 15 is 0 Å². The number of rotatable bonds is 5. The molecule has 0 bridgehead atoms. The Bertz CT molecular complexity index is 1580. The molecule has 1 aromatic heterocycles. The summed E-state index contributed by atoms with van der Waals surface area (Å²) in [5.74, 6) is -2.18. The molecule has 1 N–H and O–H groups in total. The summed E-state index contributed by atoms with van der Waals surface area (Å²) in [6, 6.07) is 10.8. The number of carbonyl (C=O) groups excluding carboxylic acids is 3. The van der Waals surface area contributed by atoms with Crippen LogP contribution in [0.25, 0.3) is 0 Å². The van der Waals surface area contributed by atoms with E-state index in [1.54, 1.807) is 36.8 Å². The normalized spacial score (nSPS) is 42.1. The van der Waals surface area contributed by atoms with E-state index in [0.29, 0.717) is 12.0 Å². The minimum Gasteiger partial charge on any atom is -0.472 e. The fourth-order valence-corrected chi connectivity index (χ4v) is 10.7. The molecule has 12 atom stereocenters. The molecule has 2 aromatic rings. The highest BCUT2D eigenvalue weighted by molar-refractivity contribution is 5.89. The maximum absolute atomic E-state index is 14.0. The monoisotopic (exact) mass is 648 g/mol. The highest BCUT2D eigenvalue weighted by atomic mass is 16.6. The van der Waals surface area contributed by atoms with Crippen molar-refractivity contribution in [1.29, 1.82) is 0 Å². The molecule has 3 aliphatic carbocycles. The van der Waals surface area contributed by atoms with Crippen molar-refractivity contribution in [2.75, 3.05) is 6.61 Å². The minimum absolute atomic E-state index is 0.0359. The lowest BCUT2D eigenvalue weighted by molar-refractivity contribution is -0.258. The molecule has 252 valence electrons. The summed E-state index contributed by atoms with van der Waals surface area (Å²) in [5, 5.41) is 11.6. The number of carbonyl (C=O) groups is 3. The van der Waals surface area contributed by atoms with Crippen LogP contribution in [0.3, 0.4) is 0 Å². The van der Waals surface area contributed by atoms with Crippen molar-refractivity contribution in [3.05, 3.63) is 71.2 Å². The van der Waals surface area contributed by atoms with Crippen molar-refractivity contribution in [3.8, 4) is 0 Å². The van der Waals surface area contributed by atoms with E-state index in [0.717, 1.165) is 16.7 Å². The lowest BCUT2D eigenvalue weighted by atomic mass is 9.39. The van der Waals surface area contributed by atoms with E-state index in [9.17, 15) is 19.5 Å². The summed E-state index contributed by atoms with van der Waals surface area (Å²) < 4.78 is 37.5. The van der Waals surface area contributed by atoms with E-state index in [2.05, 4.69) is 20.8 Å². The third kappa shape index (κ3) is 4.73. The zero-order valence-corrected chi connectivity index (χ0v) is 27.8. The molecular weight excluding hydrogens is 604 g/mol. The van der Waals surface area contributed by atoms with Crippen molar-refractivity contribution >= 4 is 17.9 Å². The third-order valence-electron chi connectivity index (χ3n) is 12.4. The molecule has 3 heterocycles. The molecule has 2 aliphatic heterocycles. The van der Waals surface area contributed by atoms with E-state index in [-0.39, 0.29) is 31.3 Å². The molecule has 0 amide bonds. The van der Waals surface area contributed by atoms with Crippen molar-refractivity contribution in [1.82, 2.24) is 0 Å². The Morgan fingerprint density at radius 2 is 1.62 bits per heavy atom. The Kier molecular flexibility index (Phi) is 7.72. The molecule has 10 heteroatoms. The van der Waals surface area contributed by atoms with E-state index in [4.69, 9.17) is 28.1 Å². The van der Waals surface area contributed by atoms with Crippen LogP contribution < -0.4 is 0 Å². The van der Waals surface area contributed by atoms with Gasteiger partial charge in [-0.15, -0.1) is 0 Å². The topological polar surface area (TPSA) is 131 Å². The molecular formula is C37H44O10. The zero-order chi connectivity index (χ0) is 33.5. The summed E-state index contributed by atoms with van der Waals surface area (Å²) in [6.07, 6.45) is 0.128. The minimum atomic E-state index is -1.13. The molecule has 47 heavy (non-hydrogen) atoms. The van der Waals surface area contributed by atoms with Gasteiger partial charge in [0, 0.05) is 54.8 Å². The van der Waals surface area contributed by atoms with Crippen LogP contribution in [-0.4, -0.2) is 66.4 Å². The zero-order valence-electron chi connectivity index (χ0n) is 27.8. The second-order valence-corrected chi connectivity index (χ2v) is 14.8. The number of ether oxygens (including phenoxy) is 5.